The fourth-order valence-corrected chi connectivity index (χ4v) is 2.87. The van der Waals surface area contributed by atoms with Crippen molar-refractivity contribution in [1.82, 2.24) is 15.4 Å². The molecule has 1 rings (SSSR count). The maximum absolute atomic E-state index is 11.9. The average Bonchev–Trinajstić information content (AvgIpc) is 2.51. The van der Waals surface area contributed by atoms with Crippen LogP contribution in [0.3, 0.4) is 0 Å². The van der Waals surface area contributed by atoms with Gasteiger partial charge in [-0.15, -0.1) is 0 Å². The zero-order valence-electron chi connectivity index (χ0n) is 13.8. The molecule has 0 spiro atoms. The van der Waals surface area contributed by atoms with Gasteiger partial charge in [0.25, 0.3) is 5.91 Å². The molecule has 138 valence electrons. The first-order chi connectivity index (χ1) is 11.6. The standard InChI is InChI=1S/C14H18ClN3O6S/c1-8(2)17-14(21)18-12(19)7-24-13(20)9-4-5-10(15)11(6-9)25(22,23)16-3/h4-6,8,16H,7H2,1-3H3,(H2,17,18,19,21). The zero-order valence-corrected chi connectivity index (χ0v) is 15.3. The smallest absolute Gasteiger partial charge is 0.338 e. The second-order valence-corrected chi connectivity index (χ2v) is 7.37. The van der Waals surface area contributed by atoms with E-state index < -0.39 is 34.5 Å². The Kier molecular flexibility index (Phi) is 7.34. The third-order valence-corrected chi connectivity index (χ3v) is 4.63. The minimum absolute atomic E-state index is 0.0750. The highest BCUT2D eigenvalue weighted by molar-refractivity contribution is 7.89. The van der Waals surface area contributed by atoms with Crippen LogP contribution in [0.25, 0.3) is 0 Å². The highest BCUT2D eigenvalue weighted by Gasteiger charge is 2.20. The summed E-state index contributed by atoms with van der Waals surface area (Å²) in [7, 11) is -2.67. The number of sulfonamides is 1. The molecule has 0 aliphatic heterocycles. The van der Waals surface area contributed by atoms with Gasteiger partial charge in [-0.05, 0) is 39.1 Å². The van der Waals surface area contributed by atoms with Crippen LogP contribution >= 0.6 is 11.6 Å². The van der Waals surface area contributed by atoms with E-state index in [0.717, 1.165) is 6.07 Å². The number of hydrogen-bond acceptors (Lipinski definition) is 6. The van der Waals surface area contributed by atoms with E-state index in [0.29, 0.717) is 0 Å². The molecule has 0 aromatic heterocycles. The highest BCUT2D eigenvalue weighted by atomic mass is 35.5. The molecule has 0 bridgehead atoms. The number of urea groups is 1. The number of ether oxygens (including phenoxy) is 1. The molecule has 25 heavy (non-hydrogen) atoms. The minimum atomic E-state index is -3.87. The van der Waals surface area contributed by atoms with Crippen LogP contribution in [0.15, 0.2) is 23.1 Å². The van der Waals surface area contributed by atoms with Gasteiger partial charge in [-0.1, -0.05) is 11.6 Å². The van der Waals surface area contributed by atoms with Crippen molar-refractivity contribution in [1.29, 1.82) is 0 Å². The zero-order chi connectivity index (χ0) is 19.2. The summed E-state index contributed by atoms with van der Waals surface area (Å²) in [5.41, 5.74) is -0.113. The van der Waals surface area contributed by atoms with Crippen molar-refractivity contribution >= 4 is 39.5 Å². The van der Waals surface area contributed by atoms with Gasteiger partial charge in [0.1, 0.15) is 4.90 Å². The first-order valence-electron chi connectivity index (χ1n) is 7.07. The lowest BCUT2D eigenvalue weighted by molar-refractivity contribution is -0.123. The van der Waals surface area contributed by atoms with E-state index in [1.54, 1.807) is 13.8 Å². The Morgan fingerprint density at radius 1 is 1.24 bits per heavy atom. The topological polar surface area (TPSA) is 131 Å². The summed E-state index contributed by atoms with van der Waals surface area (Å²) < 4.78 is 30.5. The van der Waals surface area contributed by atoms with Gasteiger partial charge >= 0.3 is 12.0 Å². The Morgan fingerprint density at radius 2 is 1.88 bits per heavy atom. The van der Waals surface area contributed by atoms with Crippen molar-refractivity contribution < 1.29 is 27.5 Å². The van der Waals surface area contributed by atoms with E-state index in [2.05, 4.69) is 10.0 Å². The van der Waals surface area contributed by atoms with E-state index >= 15 is 0 Å². The maximum Gasteiger partial charge on any atom is 0.338 e. The monoisotopic (exact) mass is 391 g/mol. The highest BCUT2D eigenvalue weighted by Crippen LogP contribution is 2.22. The molecular formula is C14H18ClN3O6S. The van der Waals surface area contributed by atoms with Crippen LogP contribution in [-0.4, -0.2) is 46.0 Å². The van der Waals surface area contributed by atoms with Gasteiger partial charge in [0.05, 0.1) is 10.6 Å². The Labute approximate surface area is 150 Å². The van der Waals surface area contributed by atoms with E-state index in [9.17, 15) is 22.8 Å². The summed E-state index contributed by atoms with van der Waals surface area (Å²) in [6.07, 6.45) is 0. The number of rotatable bonds is 6. The summed E-state index contributed by atoms with van der Waals surface area (Å²) in [5, 5.41) is 4.33. The van der Waals surface area contributed by atoms with Crippen molar-refractivity contribution in [2.45, 2.75) is 24.8 Å². The number of halogens is 1. The summed E-state index contributed by atoms with van der Waals surface area (Å²) >= 11 is 5.81. The van der Waals surface area contributed by atoms with Gasteiger partial charge in [-0.3, -0.25) is 10.1 Å². The minimum Gasteiger partial charge on any atom is -0.452 e. The number of amides is 3. The molecule has 0 unspecified atom stereocenters. The van der Waals surface area contributed by atoms with Gasteiger partial charge in [0.15, 0.2) is 6.61 Å². The maximum atomic E-state index is 11.9. The molecule has 3 N–H and O–H groups in total. The molecule has 0 atom stereocenters. The van der Waals surface area contributed by atoms with E-state index in [1.807, 2.05) is 5.32 Å². The second kappa shape index (κ2) is 8.79. The molecule has 0 radical (unpaired) electrons. The van der Waals surface area contributed by atoms with Crippen molar-refractivity contribution in [3.63, 3.8) is 0 Å². The lowest BCUT2D eigenvalue weighted by atomic mass is 10.2. The Bertz CT molecular complexity index is 779. The molecule has 0 fully saturated rings. The molecular weight excluding hydrogens is 374 g/mol. The van der Waals surface area contributed by atoms with E-state index in [-0.39, 0.29) is 21.5 Å². The van der Waals surface area contributed by atoms with Crippen molar-refractivity contribution in [3.8, 4) is 0 Å². The van der Waals surface area contributed by atoms with Crippen LogP contribution < -0.4 is 15.4 Å². The molecule has 0 saturated carbocycles. The quantitative estimate of drug-likeness (QED) is 0.610. The number of nitrogens with one attached hydrogen (secondary N) is 3. The van der Waals surface area contributed by atoms with Gasteiger partial charge in [0.2, 0.25) is 10.0 Å². The lowest BCUT2D eigenvalue weighted by Gasteiger charge is -2.10. The third-order valence-electron chi connectivity index (χ3n) is 2.73. The van der Waals surface area contributed by atoms with Crippen molar-refractivity contribution in [2.24, 2.45) is 0 Å². The van der Waals surface area contributed by atoms with Crippen LogP contribution in [0.1, 0.15) is 24.2 Å². The van der Waals surface area contributed by atoms with Gasteiger partial charge in [-0.2, -0.15) is 0 Å². The molecule has 0 heterocycles. The van der Waals surface area contributed by atoms with E-state index in [1.165, 1.54) is 19.2 Å². The number of benzene rings is 1. The normalized spacial score (nSPS) is 11.1. The number of carbonyl (C=O) groups is 3. The number of imide groups is 1. The number of carbonyl (C=O) groups excluding carboxylic acids is 3. The van der Waals surface area contributed by atoms with Crippen LogP contribution in [0.5, 0.6) is 0 Å². The molecule has 9 nitrogen and oxygen atoms in total. The predicted molar refractivity (Wildman–Crippen MR) is 89.8 cm³/mol. The largest absolute Gasteiger partial charge is 0.452 e. The van der Waals surface area contributed by atoms with E-state index in [4.69, 9.17) is 16.3 Å². The van der Waals surface area contributed by atoms with Crippen LogP contribution in [0.4, 0.5) is 4.79 Å². The molecule has 0 aliphatic carbocycles. The van der Waals surface area contributed by atoms with Crippen molar-refractivity contribution in [3.05, 3.63) is 28.8 Å². The molecule has 0 aliphatic rings. The number of hydrogen-bond donors (Lipinski definition) is 3. The third kappa shape index (κ3) is 6.33. The molecule has 11 heteroatoms. The van der Waals surface area contributed by atoms with Gasteiger partial charge < -0.3 is 10.1 Å². The summed E-state index contributed by atoms with van der Waals surface area (Å²) in [6.45, 7) is 2.71. The lowest BCUT2D eigenvalue weighted by Crippen LogP contribution is -2.44. The SMILES string of the molecule is CNS(=O)(=O)c1cc(C(=O)OCC(=O)NC(=O)NC(C)C)ccc1Cl. The Balaban J connectivity index is 2.74. The van der Waals surface area contributed by atoms with Gasteiger partial charge in [-0.25, -0.2) is 22.7 Å². The van der Waals surface area contributed by atoms with Crippen molar-refractivity contribution in [2.75, 3.05) is 13.7 Å². The number of esters is 1. The first-order valence-corrected chi connectivity index (χ1v) is 8.93. The van der Waals surface area contributed by atoms with Gasteiger partial charge in [0, 0.05) is 6.04 Å². The Hall–Kier alpha value is -2.17. The predicted octanol–water partition coefficient (Wildman–Crippen LogP) is 0.639. The Morgan fingerprint density at radius 3 is 2.44 bits per heavy atom. The molecule has 3 amide bonds. The summed E-state index contributed by atoms with van der Waals surface area (Å²) in [6, 6.07) is 2.61. The van der Waals surface area contributed by atoms with Crippen LogP contribution in [0, 0.1) is 0 Å². The molecule has 0 saturated heterocycles. The fraction of sp³-hybridized carbons (Fsp3) is 0.357. The average molecular weight is 392 g/mol. The first kappa shape index (κ1) is 20.9. The van der Waals surface area contributed by atoms with Crippen LogP contribution in [0.2, 0.25) is 5.02 Å². The molecule has 1 aromatic carbocycles. The summed E-state index contributed by atoms with van der Waals surface area (Å²) in [5.74, 6) is -1.77. The molecule has 1 aromatic rings. The fourth-order valence-electron chi connectivity index (χ4n) is 1.62. The van der Waals surface area contributed by atoms with Crippen LogP contribution in [-0.2, 0) is 19.6 Å². The summed E-state index contributed by atoms with van der Waals surface area (Å²) in [4.78, 5) is 34.5. The second-order valence-electron chi connectivity index (χ2n) is 5.11.